The number of nitrogens with zero attached hydrogens (tertiary/aromatic N) is 1. The number of thiophene rings is 1. The Bertz CT molecular complexity index is 2830. The van der Waals surface area contributed by atoms with E-state index in [2.05, 4.69) is 193 Å². The third kappa shape index (κ3) is 4.30. The molecule has 10 rings (SSSR count). The van der Waals surface area contributed by atoms with Gasteiger partial charge in [-0.15, -0.1) is 11.3 Å². The van der Waals surface area contributed by atoms with Crippen molar-refractivity contribution in [3.8, 4) is 5.69 Å². The van der Waals surface area contributed by atoms with Gasteiger partial charge in [-0.2, -0.15) is 0 Å². The second-order valence-electron chi connectivity index (χ2n) is 12.9. The molecule has 0 aliphatic rings. The van der Waals surface area contributed by atoms with Crippen LogP contribution < -0.4 is 20.7 Å². The molecule has 1 nitrogen and oxygen atoms in total. The lowest BCUT2D eigenvalue weighted by Gasteiger charge is -2.35. The molecule has 0 aliphatic heterocycles. The Morgan fingerprint density at radius 2 is 0.918 bits per heavy atom. The lowest BCUT2D eigenvalue weighted by atomic mass is 10.1. The van der Waals surface area contributed by atoms with Crippen LogP contribution in [0.5, 0.6) is 0 Å². The normalized spacial score (nSPS) is 13.1. The van der Waals surface area contributed by atoms with Gasteiger partial charge in [0.25, 0.3) is 0 Å². The highest BCUT2D eigenvalue weighted by atomic mass is 32.1. The van der Waals surface area contributed by atoms with Crippen molar-refractivity contribution in [2.24, 2.45) is 0 Å². The van der Waals surface area contributed by atoms with E-state index in [1.165, 1.54) is 79.2 Å². The van der Waals surface area contributed by atoms with Gasteiger partial charge in [0.1, 0.15) is 0 Å². The molecule has 0 spiro atoms. The Balaban J connectivity index is 1.35. The van der Waals surface area contributed by atoms with Crippen molar-refractivity contribution in [3.05, 3.63) is 188 Å². The van der Waals surface area contributed by atoms with Crippen LogP contribution >= 0.6 is 11.3 Å². The third-order valence-electron chi connectivity index (χ3n) is 10.3. The van der Waals surface area contributed by atoms with Gasteiger partial charge in [0.2, 0.25) is 0 Å². The van der Waals surface area contributed by atoms with E-state index in [-0.39, 0.29) is 0 Å². The summed E-state index contributed by atoms with van der Waals surface area (Å²) in [5, 5.41) is 13.3. The zero-order valence-corrected chi connectivity index (χ0v) is 28.6. The quantitative estimate of drug-likeness (QED) is 0.128. The maximum absolute atomic E-state index is 2.87. The molecule has 2 heterocycles. The smallest absolute Gasteiger partial charge is 0.179 e. The van der Waals surface area contributed by atoms with Gasteiger partial charge in [0.15, 0.2) is 8.07 Å². The number of hydrogen-bond donors (Lipinski definition) is 0. The molecule has 0 radical (unpaired) electrons. The van der Waals surface area contributed by atoms with Crippen molar-refractivity contribution in [2.45, 2.75) is 0 Å². The fourth-order valence-electron chi connectivity index (χ4n) is 8.13. The molecule has 2 aromatic heterocycles. The first kappa shape index (κ1) is 28.3. The van der Waals surface area contributed by atoms with Crippen LogP contribution in [0.25, 0.3) is 58.4 Å². The summed E-state index contributed by atoms with van der Waals surface area (Å²) in [5.41, 5.74) is 3.63. The first-order valence-corrected chi connectivity index (χ1v) is 19.7. The third-order valence-corrected chi connectivity index (χ3v) is 16.2. The summed E-state index contributed by atoms with van der Waals surface area (Å²) in [6.07, 6.45) is 0. The van der Waals surface area contributed by atoms with Gasteiger partial charge in [0.05, 0.1) is 11.0 Å². The first-order valence-electron chi connectivity index (χ1n) is 16.8. The number of aromatic nitrogens is 1. The predicted octanol–water partition coefficient (Wildman–Crippen LogP) is 9.68. The molecule has 1 unspecified atom stereocenters. The minimum absolute atomic E-state index is 1.18. The zero-order valence-electron chi connectivity index (χ0n) is 26.8. The van der Waals surface area contributed by atoms with E-state index >= 15 is 0 Å². The average Bonchev–Trinajstić information content (AvgIpc) is 3.71. The van der Waals surface area contributed by atoms with Gasteiger partial charge in [-0.05, 0) is 67.9 Å². The summed E-state index contributed by atoms with van der Waals surface area (Å²) in [6, 6.07) is 70.5. The van der Waals surface area contributed by atoms with Gasteiger partial charge in [-0.25, -0.2) is 0 Å². The maximum Gasteiger partial charge on any atom is 0.179 e. The highest BCUT2D eigenvalue weighted by Gasteiger charge is 2.42. The largest absolute Gasteiger partial charge is 0.309 e. The number of para-hydroxylation sites is 2. The van der Waals surface area contributed by atoms with E-state index in [0.29, 0.717) is 0 Å². The average molecular weight is 658 g/mol. The summed E-state index contributed by atoms with van der Waals surface area (Å²) < 4.78 is 5.09. The van der Waals surface area contributed by atoms with Crippen LogP contribution in [-0.4, -0.2) is 12.6 Å². The molecule has 0 saturated carbocycles. The molecule has 10 aromatic rings. The predicted molar refractivity (Wildman–Crippen MR) is 215 cm³/mol. The lowest BCUT2D eigenvalue weighted by molar-refractivity contribution is 1.18. The highest BCUT2D eigenvalue weighted by Crippen LogP contribution is 2.35. The second-order valence-corrected chi connectivity index (χ2v) is 17.8. The number of fused-ring (bicyclic) bond motifs is 7. The van der Waals surface area contributed by atoms with E-state index < -0.39 is 8.07 Å². The van der Waals surface area contributed by atoms with Gasteiger partial charge < -0.3 is 4.57 Å². The van der Waals surface area contributed by atoms with E-state index in [1.54, 1.807) is 0 Å². The Hall–Kier alpha value is -5.74. The Kier molecular flexibility index (Phi) is 6.45. The Morgan fingerprint density at radius 1 is 0.347 bits per heavy atom. The van der Waals surface area contributed by atoms with Crippen molar-refractivity contribution < 1.29 is 0 Å². The van der Waals surface area contributed by atoms with Gasteiger partial charge in [0, 0.05) is 36.6 Å². The Morgan fingerprint density at radius 3 is 1.76 bits per heavy atom. The number of hydrogen-bond acceptors (Lipinski definition) is 1. The summed E-state index contributed by atoms with van der Waals surface area (Å²) in [4.78, 5) is 0. The molecular weight excluding hydrogens is 627 g/mol. The monoisotopic (exact) mass is 657 g/mol. The molecule has 8 aromatic carbocycles. The minimum Gasteiger partial charge on any atom is -0.309 e. The van der Waals surface area contributed by atoms with Gasteiger partial charge in [-0.1, -0.05) is 152 Å². The SMILES string of the molecule is c1ccc(-n2c3ccccc3c3cc([Si](c4ccccc4)(c4ccc5ccccc5c4)c4ccc5sc6ccccc6c5c4)ccc32)cc1. The van der Waals surface area contributed by atoms with Crippen LogP contribution in [-0.2, 0) is 0 Å². The summed E-state index contributed by atoms with van der Waals surface area (Å²) >= 11 is 1.89. The molecular formula is C46H31NSSi. The van der Waals surface area contributed by atoms with E-state index in [9.17, 15) is 0 Å². The van der Waals surface area contributed by atoms with Crippen LogP contribution in [0.2, 0.25) is 0 Å². The fraction of sp³-hybridized carbons (Fsp3) is 0. The first-order chi connectivity index (χ1) is 24.3. The zero-order chi connectivity index (χ0) is 32.4. The van der Waals surface area contributed by atoms with Crippen molar-refractivity contribution in [2.75, 3.05) is 0 Å². The van der Waals surface area contributed by atoms with Crippen molar-refractivity contribution in [3.63, 3.8) is 0 Å². The van der Waals surface area contributed by atoms with Crippen molar-refractivity contribution >= 4 is 92.9 Å². The number of rotatable bonds is 5. The van der Waals surface area contributed by atoms with Gasteiger partial charge in [-0.3, -0.25) is 0 Å². The van der Waals surface area contributed by atoms with E-state index in [1.807, 2.05) is 11.3 Å². The lowest BCUT2D eigenvalue weighted by Crippen LogP contribution is -2.74. The molecule has 0 bridgehead atoms. The van der Waals surface area contributed by atoms with Gasteiger partial charge >= 0.3 is 0 Å². The summed E-state index contributed by atoms with van der Waals surface area (Å²) in [5.74, 6) is 0. The molecule has 49 heavy (non-hydrogen) atoms. The van der Waals surface area contributed by atoms with Crippen LogP contribution in [0.3, 0.4) is 0 Å². The summed E-state index contributed by atoms with van der Waals surface area (Å²) in [7, 11) is -2.87. The molecule has 0 fully saturated rings. The molecule has 0 amide bonds. The van der Waals surface area contributed by atoms with Crippen molar-refractivity contribution in [1.82, 2.24) is 4.57 Å². The topological polar surface area (TPSA) is 4.93 Å². The Labute approximate surface area is 290 Å². The highest BCUT2D eigenvalue weighted by molar-refractivity contribution is 7.26. The maximum atomic E-state index is 2.53. The molecule has 3 heteroatoms. The minimum atomic E-state index is -2.87. The van der Waals surface area contributed by atoms with Crippen LogP contribution in [0.15, 0.2) is 188 Å². The summed E-state index contributed by atoms with van der Waals surface area (Å²) in [6.45, 7) is 0. The standard InChI is InChI=1S/C46H31NSSi/c1-3-15-34(16-4-1)47-43-21-11-9-19-39(43)41-30-37(25-27-44(41)47)49(35-17-5-2-6-18-35,36-24-23-32-13-7-8-14-33(32)29-36)38-26-28-46-42(31-38)40-20-10-12-22-45(40)48-46/h1-31H. The fourth-order valence-corrected chi connectivity index (χ4v) is 14.0. The molecule has 0 aliphatic carbocycles. The molecule has 0 N–H and O–H groups in total. The second kappa shape index (κ2) is 11.2. The van der Waals surface area contributed by atoms with E-state index in [0.717, 1.165) is 0 Å². The molecule has 230 valence electrons. The van der Waals surface area contributed by atoms with Crippen LogP contribution in [0.1, 0.15) is 0 Å². The molecule has 1 atom stereocenters. The van der Waals surface area contributed by atoms with Crippen LogP contribution in [0, 0.1) is 0 Å². The number of benzene rings is 8. The van der Waals surface area contributed by atoms with Crippen molar-refractivity contribution in [1.29, 1.82) is 0 Å². The van der Waals surface area contributed by atoms with Crippen LogP contribution in [0.4, 0.5) is 0 Å². The molecule has 0 saturated heterocycles. The van der Waals surface area contributed by atoms with E-state index in [4.69, 9.17) is 0 Å².